The molecule has 0 aliphatic rings. The van der Waals surface area contributed by atoms with E-state index in [0.717, 1.165) is 17.9 Å². The second-order valence-corrected chi connectivity index (χ2v) is 6.75. The molecule has 0 aromatic heterocycles. The normalized spacial score (nSPS) is 13.5. The summed E-state index contributed by atoms with van der Waals surface area (Å²) in [5.74, 6) is -1.64. The van der Waals surface area contributed by atoms with Crippen molar-refractivity contribution in [3.63, 3.8) is 0 Å². The maximum absolute atomic E-state index is 13.6. The van der Waals surface area contributed by atoms with Gasteiger partial charge in [0, 0.05) is 11.7 Å². The van der Waals surface area contributed by atoms with E-state index in [1.165, 1.54) is 0 Å². The molecule has 1 aromatic carbocycles. The van der Waals surface area contributed by atoms with Gasteiger partial charge in [0.2, 0.25) is 10.0 Å². The molecule has 0 fully saturated rings. The molecule has 0 radical (unpaired) electrons. The number of rotatable bonds is 6. The zero-order valence-corrected chi connectivity index (χ0v) is 12.2. The molecule has 108 valence electrons. The van der Waals surface area contributed by atoms with Crippen LogP contribution in [0.2, 0.25) is 0 Å². The van der Waals surface area contributed by atoms with Crippen molar-refractivity contribution in [1.82, 2.24) is 4.72 Å². The Morgan fingerprint density at radius 1 is 1.37 bits per heavy atom. The van der Waals surface area contributed by atoms with Gasteiger partial charge in [0.05, 0.1) is 0 Å². The first kappa shape index (κ1) is 16.2. The largest absolute Gasteiger partial charge is 0.399 e. The van der Waals surface area contributed by atoms with Crippen molar-refractivity contribution in [1.29, 1.82) is 0 Å². The molecule has 8 heteroatoms. The molecule has 1 atom stereocenters. The molecule has 4 nitrogen and oxygen atoms in total. The van der Waals surface area contributed by atoms with Crippen LogP contribution in [0.4, 0.5) is 14.5 Å². The number of nitrogens with one attached hydrogen (secondary N) is 1. The SMILES string of the molecule is CSCCC(C)NS(=O)(=O)c1c(F)cc(N)cc1F. The summed E-state index contributed by atoms with van der Waals surface area (Å²) in [5, 5.41) is 0. The van der Waals surface area contributed by atoms with Gasteiger partial charge in [0.15, 0.2) is 4.90 Å². The maximum Gasteiger partial charge on any atom is 0.246 e. The lowest BCUT2D eigenvalue weighted by atomic mass is 10.3. The third-order valence-corrected chi connectivity index (χ3v) is 4.68. The van der Waals surface area contributed by atoms with Gasteiger partial charge >= 0.3 is 0 Å². The molecule has 0 saturated carbocycles. The molecule has 0 aliphatic carbocycles. The Hall–Kier alpha value is -0.860. The average molecular weight is 310 g/mol. The summed E-state index contributed by atoms with van der Waals surface area (Å²) in [7, 11) is -4.23. The zero-order chi connectivity index (χ0) is 14.6. The van der Waals surface area contributed by atoms with Crippen LogP contribution in [-0.4, -0.2) is 26.5 Å². The van der Waals surface area contributed by atoms with Crippen molar-refractivity contribution < 1.29 is 17.2 Å². The molecule has 0 spiro atoms. The Kier molecular flexibility index (Phi) is 5.57. The van der Waals surface area contributed by atoms with Crippen molar-refractivity contribution in [3.05, 3.63) is 23.8 Å². The van der Waals surface area contributed by atoms with Crippen LogP contribution >= 0.6 is 11.8 Å². The predicted molar refractivity (Wildman–Crippen MR) is 73.6 cm³/mol. The third-order valence-electron chi connectivity index (χ3n) is 2.40. The van der Waals surface area contributed by atoms with Crippen molar-refractivity contribution >= 4 is 27.5 Å². The van der Waals surface area contributed by atoms with E-state index in [1.807, 2.05) is 6.26 Å². The second kappa shape index (κ2) is 6.53. The molecule has 1 aromatic rings. The minimum Gasteiger partial charge on any atom is -0.399 e. The highest BCUT2D eigenvalue weighted by Crippen LogP contribution is 2.22. The van der Waals surface area contributed by atoms with Gasteiger partial charge in [-0.05, 0) is 37.5 Å². The van der Waals surface area contributed by atoms with Gasteiger partial charge in [-0.1, -0.05) is 0 Å². The number of benzene rings is 1. The number of hydrogen-bond donors (Lipinski definition) is 2. The Bertz CT molecular complexity index is 527. The summed E-state index contributed by atoms with van der Waals surface area (Å²) in [4.78, 5) is -0.988. The van der Waals surface area contributed by atoms with E-state index in [1.54, 1.807) is 18.7 Å². The fraction of sp³-hybridized carbons (Fsp3) is 0.455. The number of hydrogen-bond acceptors (Lipinski definition) is 4. The Morgan fingerprint density at radius 2 is 1.89 bits per heavy atom. The quantitative estimate of drug-likeness (QED) is 0.788. The van der Waals surface area contributed by atoms with Crippen LogP contribution in [0.25, 0.3) is 0 Å². The van der Waals surface area contributed by atoms with E-state index in [9.17, 15) is 17.2 Å². The summed E-state index contributed by atoms with van der Waals surface area (Å²) in [6.07, 6.45) is 2.46. The van der Waals surface area contributed by atoms with Gasteiger partial charge in [-0.2, -0.15) is 11.8 Å². The number of thioether (sulfide) groups is 1. The van der Waals surface area contributed by atoms with E-state index in [4.69, 9.17) is 5.73 Å². The fourth-order valence-corrected chi connectivity index (χ4v) is 3.50. The number of nitrogens with two attached hydrogens (primary N) is 1. The lowest BCUT2D eigenvalue weighted by molar-refractivity contribution is 0.507. The Balaban J connectivity index is 3.01. The highest BCUT2D eigenvalue weighted by molar-refractivity contribution is 7.98. The van der Waals surface area contributed by atoms with Crippen LogP contribution in [0.1, 0.15) is 13.3 Å². The van der Waals surface area contributed by atoms with Crippen LogP contribution in [0.3, 0.4) is 0 Å². The average Bonchev–Trinajstić information content (AvgIpc) is 2.23. The van der Waals surface area contributed by atoms with Crippen LogP contribution in [0.5, 0.6) is 0 Å². The molecular formula is C11H16F2N2O2S2. The van der Waals surface area contributed by atoms with Gasteiger partial charge in [0.1, 0.15) is 11.6 Å². The van der Waals surface area contributed by atoms with Gasteiger partial charge < -0.3 is 5.73 Å². The monoisotopic (exact) mass is 310 g/mol. The Labute approximate surface area is 115 Å². The second-order valence-electron chi connectivity index (χ2n) is 4.12. The van der Waals surface area contributed by atoms with Crippen molar-refractivity contribution in [2.75, 3.05) is 17.7 Å². The van der Waals surface area contributed by atoms with Crippen LogP contribution in [-0.2, 0) is 10.0 Å². The first-order valence-electron chi connectivity index (χ1n) is 5.53. The number of halogens is 2. The number of nitrogen functional groups attached to an aromatic ring is 1. The maximum atomic E-state index is 13.6. The molecule has 3 N–H and O–H groups in total. The molecule has 19 heavy (non-hydrogen) atoms. The van der Waals surface area contributed by atoms with E-state index >= 15 is 0 Å². The highest BCUT2D eigenvalue weighted by Gasteiger charge is 2.26. The molecule has 1 rings (SSSR count). The van der Waals surface area contributed by atoms with Crippen molar-refractivity contribution in [3.8, 4) is 0 Å². The summed E-state index contributed by atoms with van der Waals surface area (Å²) in [6, 6.07) is 1.16. The lowest BCUT2D eigenvalue weighted by Crippen LogP contribution is -2.34. The summed E-state index contributed by atoms with van der Waals surface area (Å²) in [6.45, 7) is 1.64. The van der Waals surface area contributed by atoms with Crippen molar-refractivity contribution in [2.24, 2.45) is 0 Å². The van der Waals surface area contributed by atoms with Gasteiger partial charge in [0.25, 0.3) is 0 Å². The Morgan fingerprint density at radius 3 is 2.37 bits per heavy atom. The molecule has 0 bridgehead atoms. The van der Waals surface area contributed by atoms with Gasteiger partial charge in [-0.15, -0.1) is 0 Å². The van der Waals surface area contributed by atoms with E-state index < -0.39 is 32.6 Å². The molecule has 0 heterocycles. The number of sulfonamides is 1. The molecular weight excluding hydrogens is 294 g/mol. The van der Waals surface area contributed by atoms with Crippen molar-refractivity contribution in [2.45, 2.75) is 24.3 Å². The van der Waals surface area contributed by atoms with Crippen LogP contribution in [0, 0.1) is 11.6 Å². The minimum absolute atomic E-state index is 0.163. The predicted octanol–water partition coefficient (Wildman–Crippen LogP) is 1.97. The molecule has 0 aliphatic heterocycles. The van der Waals surface area contributed by atoms with Crippen LogP contribution in [0.15, 0.2) is 17.0 Å². The minimum atomic E-state index is -4.23. The van der Waals surface area contributed by atoms with Gasteiger partial charge in [-0.25, -0.2) is 21.9 Å². The topological polar surface area (TPSA) is 72.2 Å². The van der Waals surface area contributed by atoms with Crippen LogP contribution < -0.4 is 10.5 Å². The van der Waals surface area contributed by atoms with E-state index in [0.29, 0.717) is 6.42 Å². The smallest absolute Gasteiger partial charge is 0.246 e. The van der Waals surface area contributed by atoms with Gasteiger partial charge in [-0.3, -0.25) is 0 Å². The molecule has 0 amide bonds. The molecule has 1 unspecified atom stereocenters. The third kappa shape index (κ3) is 4.32. The summed E-state index contributed by atoms with van der Waals surface area (Å²) in [5.41, 5.74) is 5.08. The summed E-state index contributed by atoms with van der Waals surface area (Å²) < 4.78 is 53.2. The first-order valence-corrected chi connectivity index (χ1v) is 8.41. The highest BCUT2D eigenvalue weighted by atomic mass is 32.2. The van der Waals surface area contributed by atoms with E-state index in [-0.39, 0.29) is 5.69 Å². The zero-order valence-electron chi connectivity index (χ0n) is 10.6. The number of anilines is 1. The lowest BCUT2D eigenvalue weighted by Gasteiger charge is -2.14. The fourth-order valence-electron chi connectivity index (χ4n) is 1.51. The summed E-state index contributed by atoms with van der Waals surface area (Å²) >= 11 is 1.56. The molecule has 0 saturated heterocycles. The standard InChI is InChI=1S/C11H16F2N2O2S2/c1-7(3-4-18-2)15-19(16,17)11-9(12)5-8(14)6-10(11)13/h5-7,15H,3-4,14H2,1-2H3. The first-order chi connectivity index (χ1) is 8.77. The van der Waals surface area contributed by atoms with E-state index in [2.05, 4.69) is 4.72 Å².